The Morgan fingerprint density at radius 2 is 2.00 bits per heavy atom. The van der Waals surface area contributed by atoms with Gasteiger partial charge in [0.1, 0.15) is 0 Å². The van der Waals surface area contributed by atoms with E-state index in [1.807, 2.05) is 4.90 Å². The summed E-state index contributed by atoms with van der Waals surface area (Å²) in [5.74, 6) is -1.08. The van der Waals surface area contributed by atoms with Gasteiger partial charge in [-0.25, -0.2) is 0 Å². The average molecular weight is 375 g/mol. The molecule has 1 aromatic rings. The number of amides is 2. The van der Waals surface area contributed by atoms with Gasteiger partial charge in [0.2, 0.25) is 5.91 Å². The summed E-state index contributed by atoms with van der Waals surface area (Å²) in [6, 6.07) is 3.68. The molecular formula is C16H15N4O5S-. The number of carbonyl (C=O) groups is 2. The van der Waals surface area contributed by atoms with E-state index < -0.39 is 22.3 Å². The maximum absolute atomic E-state index is 12.1. The summed E-state index contributed by atoms with van der Waals surface area (Å²) in [6.45, 7) is 3.83. The fraction of sp³-hybridized carbons (Fsp3) is 0.312. The van der Waals surface area contributed by atoms with E-state index in [4.69, 9.17) is 0 Å². The van der Waals surface area contributed by atoms with E-state index in [2.05, 4.69) is 4.99 Å². The first-order chi connectivity index (χ1) is 12.3. The van der Waals surface area contributed by atoms with Crippen molar-refractivity contribution in [3.63, 3.8) is 0 Å². The van der Waals surface area contributed by atoms with E-state index in [1.54, 1.807) is 4.90 Å². The Bertz CT molecular complexity index is 843. The molecule has 2 aliphatic rings. The van der Waals surface area contributed by atoms with Crippen molar-refractivity contribution in [3.05, 3.63) is 38.8 Å². The van der Waals surface area contributed by atoms with Crippen LogP contribution in [0.25, 0.3) is 6.08 Å². The molecule has 9 nitrogen and oxygen atoms in total. The largest absolute Gasteiger partial charge is 0.868 e. The lowest BCUT2D eigenvalue weighted by atomic mass is 10.1. The molecule has 10 heteroatoms. The molecule has 2 amide bonds. The number of hydrogen-bond donors (Lipinski definition) is 0. The van der Waals surface area contributed by atoms with Crippen molar-refractivity contribution >= 4 is 40.5 Å². The number of nitrogens with zero attached hydrogens (tertiary/aromatic N) is 4. The van der Waals surface area contributed by atoms with E-state index in [0.717, 1.165) is 12.1 Å². The van der Waals surface area contributed by atoms with Crippen molar-refractivity contribution in [2.24, 2.45) is 4.99 Å². The Morgan fingerprint density at radius 1 is 1.31 bits per heavy atom. The van der Waals surface area contributed by atoms with E-state index in [9.17, 15) is 24.8 Å². The van der Waals surface area contributed by atoms with Gasteiger partial charge in [-0.15, -0.1) is 0 Å². The van der Waals surface area contributed by atoms with E-state index >= 15 is 0 Å². The topological polar surface area (TPSA) is 119 Å². The van der Waals surface area contributed by atoms with Crippen molar-refractivity contribution in [1.29, 1.82) is 0 Å². The Balaban J connectivity index is 1.72. The molecule has 1 fully saturated rings. The highest BCUT2D eigenvalue weighted by atomic mass is 32.2. The number of benzene rings is 1. The Labute approximate surface area is 153 Å². The van der Waals surface area contributed by atoms with Crippen molar-refractivity contribution < 1.29 is 19.6 Å². The molecular weight excluding hydrogens is 360 g/mol. The first-order valence-corrected chi connectivity index (χ1v) is 8.65. The molecule has 2 heterocycles. The van der Waals surface area contributed by atoms with Crippen molar-refractivity contribution in [1.82, 2.24) is 9.80 Å². The molecule has 0 aliphatic carbocycles. The molecule has 0 N–H and O–H groups in total. The molecule has 0 aromatic heterocycles. The molecule has 2 aliphatic heterocycles. The molecule has 3 rings (SSSR count). The molecule has 0 radical (unpaired) electrons. The number of nitro benzene ring substituents is 1. The quantitative estimate of drug-likeness (QED) is 0.426. The number of piperazine rings is 1. The van der Waals surface area contributed by atoms with Crippen LogP contribution in [0.4, 0.5) is 5.69 Å². The van der Waals surface area contributed by atoms with Crippen molar-refractivity contribution in [3.8, 4) is 5.75 Å². The minimum absolute atomic E-state index is 0.0192. The highest BCUT2D eigenvalue weighted by Gasteiger charge is 2.29. The van der Waals surface area contributed by atoms with Gasteiger partial charge in [0.25, 0.3) is 11.6 Å². The Kier molecular flexibility index (Phi) is 4.94. The van der Waals surface area contributed by atoms with E-state index in [1.165, 1.54) is 30.8 Å². The molecule has 0 spiro atoms. The third-order valence-electron chi connectivity index (χ3n) is 4.08. The predicted octanol–water partition coefficient (Wildman–Crippen LogP) is 0.803. The van der Waals surface area contributed by atoms with Crippen LogP contribution in [0.3, 0.4) is 0 Å². The summed E-state index contributed by atoms with van der Waals surface area (Å²) in [7, 11) is 0. The zero-order chi connectivity index (χ0) is 18.8. The number of rotatable bonds is 2. The number of thioether (sulfide) groups is 1. The van der Waals surface area contributed by atoms with Gasteiger partial charge in [0.15, 0.2) is 5.17 Å². The molecule has 0 saturated carbocycles. The second-order valence-corrected chi connectivity index (χ2v) is 6.80. The normalized spacial score (nSPS) is 19.0. The molecule has 1 aromatic carbocycles. The monoisotopic (exact) mass is 375 g/mol. The molecule has 26 heavy (non-hydrogen) atoms. The number of carbonyl (C=O) groups excluding carboxylic acids is 2. The summed E-state index contributed by atoms with van der Waals surface area (Å²) in [4.78, 5) is 41.7. The van der Waals surface area contributed by atoms with Crippen LogP contribution in [0, 0.1) is 10.1 Å². The first-order valence-electron chi connectivity index (χ1n) is 7.83. The maximum atomic E-state index is 12.1. The summed E-state index contributed by atoms with van der Waals surface area (Å²) < 4.78 is 0. The van der Waals surface area contributed by atoms with Crippen LogP contribution >= 0.6 is 11.8 Å². The SMILES string of the molecule is CC(=O)N1CCN(C2=NC(=O)/C(=C/c3ccc([O-])c([N+](=O)[O-])c3)S2)CC1. The van der Waals surface area contributed by atoms with E-state index in [-0.39, 0.29) is 5.91 Å². The van der Waals surface area contributed by atoms with Gasteiger partial charge in [-0.05, 0) is 29.2 Å². The second-order valence-electron chi connectivity index (χ2n) is 5.79. The lowest BCUT2D eigenvalue weighted by Crippen LogP contribution is -2.49. The second kappa shape index (κ2) is 7.16. The average Bonchev–Trinajstić information content (AvgIpc) is 2.97. The van der Waals surface area contributed by atoms with Crippen LogP contribution in [0.2, 0.25) is 0 Å². The molecule has 0 atom stereocenters. The lowest BCUT2D eigenvalue weighted by Gasteiger charge is -2.34. The number of hydrogen-bond acceptors (Lipinski definition) is 7. The van der Waals surface area contributed by atoms with Gasteiger partial charge in [0.05, 0.1) is 9.83 Å². The number of amidine groups is 1. The van der Waals surface area contributed by atoms with Gasteiger partial charge < -0.3 is 14.9 Å². The van der Waals surface area contributed by atoms with Crippen molar-refractivity contribution in [2.45, 2.75) is 6.92 Å². The summed E-state index contributed by atoms with van der Waals surface area (Å²) in [5.41, 5.74) is -0.138. The van der Waals surface area contributed by atoms with Gasteiger partial charge >= 0.3 is 0 Å². The molecule has 0 bridgehead atoms. The van der Waals surface area contributed by atoms with Gasteiger partial charge in [0, 0.05) is 39.2 Å². The van der Waals surface area contributed by atoms with Crippen LogP contribution in [-0.2, 0) is 9.59 Å². The van der Waals surface area contributed by atoms with Crippen LogP contribution in [0.1, 0.15) is 12.5 Å². The first kappa shape index (κ1) is 17.9. The maximum Gasteiger partial charge on any atom is 0.286 e. The fourth-order valence-electron chi connectivity index (χ4n) is 2.66. The molecule has 136 valence electrons. The van der Waals surface area contributed by atoms with Gasteiger partial charge in [-0.2, -0.15) is 4.99 Å². The summed E-state index contributed by atoms with van der Waals surface area (Å²) >= 11 is 1.18. The molecule has 0 unspecified atom stereocenters. The standard InChI is InChI=1S/C16H16N4O5S/c1-10(21)18-4-6-19(7-5-18)16-17-15(23)14(26-16)9-11-2-3-13(22)12(8-11)20(24)25/h2-3,8-9,22H,4-7H2,1H3/p-1/b14-9-. The lowest BCUT2D eigenvalue weighted by molar-refractivity contribution is -0.398. The minimum atomic E-state index is -0.746. The van der Waals surface area contributed by atoms with Crippen LogP contribution in [-0.4, -0.2) is 57.9 Å². The van der Waals surface area contributed by atoms with E-state index in [0.29, 0.717) is 41.8 Å². The fourth-order valence-corrected chi connectivity index (χ4v) is 3.63. The zero-order valence-corrected chi connectivity index (χ0v) is 14.7. The summed E-state index contributed by atoms with van der Waals surface area (Å²) in [5, 5.41) is 22.9. The third kappa shape index (κ3) is 3.69. The Hall–Kier alpha value is -2.88. The zero-order valence-electron chi connectivity index (χ0n) is 13.9. The highest BCUT2D eigenvalue weighted by Crippen LogP contribution is 2.32. The predicted molar refractivity (Wildman–Crippen MR) is 94.4 cm³/mol. The smallest absolute Gasteiger partial charge is 0.286 e. The molecule has 1 saturated heterocycles. The van der Waals surface area contributed by atoms with Crippen LogP contribution in [0.15, 0.2) is 28.1 Å². The minimum Gasteiger partial charge on any atom is -0.868 e. The van der Waals surface area contributed by atoms with Crippen LogP contribution < -0.4 is 5.11 Å². The third-order valence-corrected chi connectivity index (χ3v) is 5.13. The number of aliphatic imine (C=N–C) groups is 1. The van der Waals surface area contributed by atoms with Crippen molar-refractivity contribution in [2.75, 3.05) is 26.2 Å². The van der Waals surface area contributed by atoms with Crippen LogP contribution in [0.5, 0.6) is 5.75 Å². The van der Waals surface area contributed by atoms with Gasteiger partial charge in [-0.1, -0.05) is 12.1 Å². The summed E-state index contributed by atoms with van der Waals surface area (Å²) in [6.07, 6.45) is 1.49. The highest BCUT2D eigenvalue weighted by molar-refractivity contribution is 8.18. The Morgan fingerprint density at radius 3 is 2.62 bits per heavy atom. The van der Waals surface area contributed by atoms with Gasteiger partial charge in [-0.3, -0.25) is 19.7 Å². The number of nitro groups is 1.